The molecule has 0 amide bonds. The summed E-state index contributed by atoms with van der Waals surface area (Å²) in [6, 6.07) is 14.7. The van der Waals surface area contributed by atoms with E-state index in [1.807, 2.05) is 42.0 Å². The highest BCUT2D eigenvalue weighted by Gasteiger charge is 2.21. The molecule has 3 aromatic heterocycles. The number of benzene rings is 2. The number of aryl methyl sites for hydroxylation is 1. The minimum Gasteiger partial charge on any atom is -0.301 e. The maximum atomic E-state index is 12.5. The number of aromatic nitrogens is 5. The van der Waals surface area contributed by atoms with E-state index in [0.29, 0.717) is 16.7 Å². The average molecular weight is 475 g/mol. The summed E-state index contributed by atoms with van der Waals surface area (Å²) in [6.07, 6.45) is 3.48. The minimum atomic E-state index is -3.55. The monoisotopic (exact) mass is 474 g/mol. The Morgan fingerprint density at radius 3 is 2.26 bits per heavy atom. The predicted octanol–water partition coefficient (Wildman–Crippen LogP) is 3.50. The highest BCUT2D eigenvalue weighted by molar-refractivity contribution is 7.89. The van der Waals surface area contributed by atoms with Gasteiger partial charge in [-0.3, -0.25) is 4.79 Å². The lowest BCUT2D eigenvalue weighted by atomic mass is 10.1. The molecule has 0 fully saturated rings. The van der Waals surface area contributed by atoms with Crippen LogP contribution in [0.4, 0.5) is 0 Å². The molecule has 0 radical (unpaired) electrons. The maximum Gasteiger partial charge on any atom is 0.242 e. The van der Waals surface area contributed by atoms with Gasteiger partial charge in [-0.25, -0.2) is 27.2 Å². The Bertz CT molecular complexity index is 1660. The summed E-state index contributed by atoms with van der Waals surface area (Å²) < 4.78 is 29.6. The smallest absolute Gasteiger partial charge is 0.242 e. The second-order valence-corrected chi connectivity index (χ2v) is 10.4. The second kappa shape index (κ2) is 7.86. The van der Waals surface area contributed by atoms with Crippen LogP contribution in [-0.2, 0) is 10.0 Å². The topological polar surface area (TPSA) is 102 Å². The van der Waals surface area contributed by atoms with Gasteiger partial charge in [0, 0.05) is 38.5 Å². The number of carbonyl (C=O) groups is 1. The molecule has 0 saturated carbocycles. The fraction of sp³-hybridized carbons (Fsp3) is 0.167. The molecular weight excluding hydrogens is 452 g/mol. The Kier molecular flexibility index (Phi) is 5.07. The Morgan fingerprint density at radius 2 is 1.65 bits per heavy atom. The van der Waals surface area contributed by atoms with Crippen LogP contribution in [0.15, 0.2) is 66.0 Å². The van der Waals surface area contributed by atoms with E-state index in [0.717, 1.165) is 22.4 Å². The van der Waals surface area contributed by atoms with Crippen LogP contribution in [0.1, 0.15) is 23.1 Å². The third-order valence-corrected chi connectivity index (χ3v) is 7.52. The highest BCUT2D eigenvalue weighted by Crippen LogP contribution is 2.34. The van der Waals surface area contributed by atoms with E-state index < -0.39 is 10.0 Å². The van der Waals surface area contributed by atoms with Gasteiger partial charge in [0.1, 0.15) is 6.33 Å². The molecule has 0 bridgehead atoms. The number of hydrogen-bond donors (Lipinski definition) is 0. The number of Topliss-reactive ketones (excluding diaryl/α,β-unsaturated/α-hetero) is 1. The largest absolute Gasteiger partial charge is 0.301 e. The Morgan fingerprint density at radius 1 is 0.971 bits per heavy atom. The van der Waals surface area contributed by atoms with Crippen molar-refractivity contribution in [3.63, 3.8) is 0 Å². The molecule has 5 aromatic rings. The second-order valence-electron chi connectivity index (χ2n) is 8.26. The number of nitrogens with zero attached hydrogens (tertiary/aromatic N) is 6. The van der Waals surface area contributed by atoms with Gasteiger partial charge in [0.2, 0.25) is 15.8 Å². The van der Waals surface area contributed by atoms with E-state index >= 15 is 0 Å². The van der Waals surface area contributed by atoms with Crippen LogP contribution in [-0.4, -0.2) is 56.8 Å². The van der Waals surface area contributed by atoms with Crippen molar-refractivity contribution >= 4 is 32.5 Å². The number of fused-ring (bicyclic) bond motifs is 3. The fourth-order valence-corrected chi connectivity index (χ4v) is 4.72. The summed E-state index contributed by atoms with van der Waals surface area (Å²) >= 11 is 0. The summed E-state index contributed by atoms with van der Waals surface area (Å²) in [5, 5.41) is 4.97. The van der Waals surface area contributed by atoms with Gasteiger partial charge >= 0.3 is 0 Å². The Hall–Kier alpha value is -3.89. The standard InChI is InChI=1S/C24H22N6O3S/c1-15-5-9-18(10-6-15)29-13-20(17-7-11-19(12-8-17)34(32,33)28(3)4)21-23(29)25-14-30-24(21)26-22(27-30)16(2)31/h5-14H,1-4H3. The summed E-state index contributed by atoms with van der Waals surface area (Å²) in [7, 11) is -0.552. The van der Waals surface area contributed by atoms with Crippen LogP contribution in [0.25, 0.3) is 33.5 Å². The van der Waals surface area contributed by atoms with Gasteiger partial charge in [-0.05, 0) is 36.8 Å². The van der Waals surface area contributed by atoms with E-state index in [4.69, 9.17) is 0 Å². The van der Waals surface area contributed by atoms with Crippen LogP contribution in [0.5, 0.6) is 0 Å². The molecular formula is C24H22N6O3S. The first-order valence-electron chi connectivity index (χ1n) is 10.5. The first kappa shape index (κ1) is 21.9. The fourth-order valence-electron chi connectivity index (χ4n) is 3.81. The first-order valence-corrected chi connectivity index (χ1v) is 12.0. The van der Waals surface area contributed by atoms with Crippen molar-refractivity contribution in [2.75, 3.05) is 14.1 Å². The van der Waals surface area contributed by atoms with Gasteiger partial charge in [0.15, 0.2) is 17.1 Å². The Balaban J connectivity index is 1.78. The molecule has 3 heterocycles. The van der Waals surface area contributed by atoms with E-state index in [1.165, 1.54) is 29.8 Å². The molecule has 0 N–H and O–H groups in total. The third-order valence-electron chi connectivity index (χ3n) is 5.69. The van der Waals surface area contributed by atoms with Gasteiger partial charge < -0.3 is 4.57 Å². The van der Waals surface area contributed by atoms with Gasteiger partial charge in [-0.15, -0.1) is 5.10 Å². The summed E-state index contributed by atoms with van der Waals surface area (Å²) in [4.78, 5) is 21.2. The van der Waals surface area contributed by atoms with E-state index in [1.54, 1.807) is 30.6 Å². The molecule has 34 heavy (non-hydrogen) atoms. The Labute approximate surface area is 196 Å². The quantitative estimate of drug-likeness (QED) is 0.361. The van der Waals surface area contributed by atoms with Crippen molar-refractivity contribution in [2.24, 2.45) is 0 Å². The minimum absolute atomic E-state index is 0.107. The molecule has 0 aliphatic heterocycles. The van der Waals surface area contributed by atoms with E-state index in [9.17, 15) is 13.2 Å². The van der Waals surface area contributed by atoms with Gasteiger partial charge in [0.25, 0.3) is 0 Å². The lowest BCUT2D eigenvalue weighted by Crippen LogP contribution is -2.22. The van der Waals surface area contributed by atoms with Crippen LogP contribution in [0.2, 0.25) is 0 Å². The van der Waals surface area contributed by atoms with Crippen LogP contribution in [0.3, 0.4) is 0 Å². The van der Waals surface area contributed by atoms with Gasteiger partial charge in [-0.2, -0.15) is 0 Å². The SMILES string of the molecule is CC(=O)c1nc2c3c(-c4ccc(S(=O)(=O)N(C)C)cc4)cn(-c4ccc(C)cc4)c3ncn2n1. The molecule has 0 spiro atoms. The first-order chi connectivity index (χ1) is 16.2. The number of sulfonamides is 1. The zero-order valence-electron chi connectivity index (χ0n) is 19.1. The zero-order chi connectivity index (χ0) is 24.2. The summed E-state index contributed by atoms with van der Waals surface area (Å²) in [5.41, 5.74) is 4.79. The number of rotatable bonds is 5. The van der Waals surface area contributed by atoms with Crippen LogP contribution < -0.4 is 0 Å². The number of carbonyl (C=O) groups excluding carboxylic acids is 1. The highest BCUT2D eigenvalue weighted by atomic mass is 32.2. The maximum absolute atomic E-state index is 12.5. The van der Waals surface area contributed by atoms with Gasteiger partial charge in [-0.1, -0.05) is 29.8 Å². The lowest BCUT2D eigenvalue weighted by Gasteiger charge is -2.11. The third kappa shape index (κ3) is 3.47. The van der Waals surface area contributed by atoms with Crippen molar-refractivity contribution in [1.29, 1.82) is 0 Å². The molecule has 0 saturated heterocycles. The molecule has 0 atom stereocenters. The molecule has 0 aliphatic rings. The summed E-state index contributed by atoms with van der Waals surface area (Å²) in [6.45, 7) is 3.44. The van der Waals surface area contributed by atoms with Crippen molar-refractivity contribution in [3.05, 3.63) is 72.4 Å². The zero-order valence-corrected chi connectivity index (χ0v) is 19.9. The predicted molar refractivity (Wildman–Crippen MR) is 129 cm³/mol. The normalized spacial score (nSPS) is 12.1. The van der Waals surface area contributed by atoms with Gasteiger partial charge in [0.05, 0.1) is 10.3 Å². The van der Waals surface area contributed by atoms with Crippen molar-refractivity contribution < 1.29 is 13.2 Å². The molecule has 0 aliphatic carbocycles. The summed E-state index contributed by atoms with van der Waals surface area (Å²) in [5.74, 6) is -0.134. The number of hydrogen-bond acceptors (Lipinski definition) is 6. The molecule has 9 nitrogen and oxygen atoms in total. The van der Waals surface area contributed by atoms with Crippen molar-refractivity contribution in [3.8, 4) is 16.8 Å². The van der Waals surface area contributed by atoms with Crippen LogP contribution >= 0.6 is 0 Å². The molecule has 2 aromatic carbocycles. The van der Waals surface area contributed by atoms with Crippen molar-refractivity contribution in [1.82, 2.24) is 28.5 Å². The lowest BCUT2D eigenvalue weighted by molar-refractivity contribution is 0.100. The average Bonchev–Trinajstić information content (AvgIpc) is 3.41. The molecule has 5 rings (SSSR count). The number of ketones is 1. The molecule has 0 unspecified atom stereocenters. The van der Waals surface area contributed by atoms with Crippen LogP contribution in [0, 0.1) is 6.92 Å². The van der Waals surface area contributed by atoms with E-state index in [2.05, 4.69) is 15.1 Å². The molecule has 172 valence electrons. The molecule has 10 heteroatoms. The van der Waals surface area contributed by atoms with Crippen molar-refractivity contribution in [2.45, 2.75) is 18.7 Å². The van der Waals surface area contributed by atoms with E-state index in [-0.39, 0.29) is 16.5 Å².